The highest BCUT2D eigenvalue weighted by Gasteiger charge is 2.50. The molecule has 43 heavy (non-hydrogen) atoms. The topological polar surface area (TPSA) is 43.4 Å². The summed E-state index contributed by atoms with van der Waals surface area (Å²) >= 11 is 0. The van der Waals surface area contributed by atoms with Crippen LogP contribution in [0.25, 0.3) is 0 Å². The molecule has 1 fully saturated rings. The summed E-state index contributed by atoms with van der Waals surface area (Å²) in [6.45, 7) is 20.4. The summed E-state index contributed by atoms with van der Waals surface area (Å²) in [6, 6.07) is 0. The van der Waals surface area contributed by atoms with Crippen molar-refractivity contribution in [1.82, 2.24) is 0 Å². The van der Waals surface area contributed by atoms with Gasteiger partial charge < -0.3 is 4.74 Å². The van der Waals surface area contributed by atoms with Gasteiger partial charge >= 0.3 is 0 Å². The number of Topliss-reactive ketones (excluding diaryl/α,β-unsaturated/α-hetero) is 2. The molecule has 2 bridgehead atoms. The first kappa shape index (κ1) is 37.3. The van der Waals surface area contributed by atoms with E-state index in [1.807, 2.05) is 25.3 Å². The molecule has 0 spiro atoms. The van der Waals surface area contributed by atoms with Crippen molar-refractivity contribution < 1.29 is 15.8 Å². The highest BCUT2D eigenvalue weighted by Crippen LogP contribution is 2.59. The Balaban J connectivity index is 0.000000614. The highest BCUT2D eigenvalue weighted by atomic mass is 16.5. The second kappa shape index (κ2) is 18.8. The molecule has 1 saturated carbocycles. The van der Waals surface area contributed by atoms with Crippen LogP contribution in [0.4, 0.5) is 0 Å². The fourth-order valence-electron chi connectivity index (χ4n) is 7.56. The predicted octanol–water partition coefficient (Wildman–Crippen LogP) is 11.8. The standard InChI is InChI=1S/C29H48O2.C11H18O.H2/c1-6-7-8-9-10-11-12-17-28(30)22-27(25(5)21-24(4)20-23(2)3)18-19-29(31)26-15-13-14-16-26;1-7-5-8-6-9(10(7)12-4)11(8,2)3;/h13-15,23-24,27H,5-12,16-22H2,1-4H3;7-8H,5-6H2,1-4H3;1H/t;7-,8?;/m.1./s1. The summed E-state index contributed by atoms with van der Waals surface area (Å²) in [7, 11) is 1.81. The molecule has 3 unspecified atom stereocenters. The van der Waals surface area contributed by atoms with Crippen molar-refractivity contribution in [2.45, 2.75) is 151 Å². The van der Waals surface area contributed by atoms with E-state index in [0.29, 0.717) is 48.2 Å². The van der Waals surface area contributed by atoms with Crippen molar-refractivity contribution in [3.8, 4) is 0 Å². The normalized spacial score (nSPS) is 21.5. The second-order valence-electron chi connectivity index (χ2n) is 15.0. The van der Waals surface area contributed by atoms with Crippen molar-refractivity contribution in [3.05, 3.63) is 47.3 Å². The third kappa shape index (κ3) is 12.2. The number of carbonyl (C=O) groups is 2. The number of fused-ring (bicyclic) bond motifs is 2. The van der Waals surface area contributed by atoms with Gasteiger partial charge in [-0.2, -0.15) is 0 Å². The van der Waals surface area contributed by atoms with Crippen LogP contribution < -0.4 is 0 Å². The first-order valence-electron chi connectivity index (χ1n) is 17.8. The van der Waals surface area contributed by atoms with E-state index in [2.05, 4.69) is 55.0 Å². The monoisotopic (exact) mass is 597 g/mol. The Hall–Kier alpha value is -1.90. The number of unbranched alkanes of at least 4 members (excludes halogenated alkanes) is 6. The molecule has 246 valence electrons. The van der Waals surface area contributed by atoms with Gasteiger partial charge in [0.05, 0.1) is 12.9 Å². The molecule has 4 atom stereocenters. The number of allylic oxidation sites excluding steroid dienone is 7. The second-order valence-corrected chi connectivity index (χ2v) is 15.0. The lowest BCUT2D eigenvalue weighted by Crippen LogP contribution is -2.44. The fraction of sp³-hybridized carbons (Fsp3) is 0.750. The first-order chi connectivity index (χ1) is 20.4. The summed E-state index contributed by atoms with van der Waals surface area (Å²) in [4.78, 5) is 25.2. The Bertz CT molecular complexity index is 998. The molecule has 0 aromatic carbocycles. The van der Waals surface area contributed by atoms with E-state index in [1.54, 1.807) is 5.57 Å². The smallest absolute Gasteiger partial charge is 0.159 e. The number of ketones is 2. The van der Waals surface area contributed by atoms with Crippen LogP contribution in [0.1, 0.15) is 153 Å². The Morgan fingerprint density at radius 1 is 1.05 bits per heavy atom. The lowest BCUT2D eigenvalue weighted by Gasteiger charge is -2.53. The minimum absolute atomic E-state index is 0. The molecule has 0 aliphatic heterocycles. The maximum Gasteiger partial charge on any atom is 0.159 e. The summed E-state index contributed by atoms with van der Waals surface area (Å²) < 4.78 is 5.47. The summed E-state index contributed by atoms with van der Waals surface area (Å²) in [5.41, 5.74) is 4.10. The molecular weight excluding hydrogens is 528 g/mol. The molecular formula is C40H68O3. The van der Waals surface area contributed by atoms with Gasteiger partial charge in [-0.1, -0.05) is 117 Å². The summed E-state index contributed by atoms with van der Waals surface area (Å²) in [5, 5.41) is 0. The average molecular weight is 597 g/mol. The number of hydrogen-bond donors (Lipinski definition) is 0. The zero-order valence-electron chi connectivity index (χ0n) is 29.4. The lowest BCUT2D eigenvalue weighted by atomic mass is 9.52. The molecule has 3 heteroatoms. The molecule has 3 nitrogen and oxygen atoms in total. The van der Waals surface area contributed by atoms with Gasteiger partial charge in [-0.25, -0.2) is 0 Å². The average Bonchev–Trinajstić information content (AvgIpc) is 3.49. The van der Waals surface area contributed by atoms with Crippen LogP contribution in [-0.2, 0) is 14.3 Å². The van der Waals surface area contributed by atoms with E-state index in [4.69, 9.17) is 4.74 Å². The van der Waals surface area contributed by atoms with Gasteiger partial charge in [0.2, 0.25) is 0 Å². The van der Waals surface area contributed by atoms with Crippen LogP contribution in [0, 0.1) is 35.0 Å². The van der Waals surface area contributed by atoms with Crippen molar-refractivity contribution in [3.63, 3.8) is 0 Å². The summed E-state index contributed by atoms with van der Waals surface area (Å²) in [6.07, 6.45) is 22.6. The van der Waals surface area contributed by atoms with Gasteiger partial charge in [0.15, 0.2) is 5.78 Å². The zero-order chi connectivity index (χ0) is 32.0. The van der Waals surface area contributed by atoms with Gasteiger partial charge in [-0.3, -0.25) is 9.59 Å². The quantitative estimate of drug-likeness (QED) is 0.104. The number of carbonyl (C=O) groups excluding carboxylic acids is 2. The van der Waals surface area contributed by atoms with Crippen LogP contribution in [0.5, 0.6) is 0 Å². The Morgan fingerprint density at radius 3 is 2.28 bits per heavy atom. The largest absolute Gasteiger partial charge is 0.501 e. The van der Waals surface area contributed by atoms with Gasteiger partial charge in [0, 0.05) is 26.6 Å². The molecule has 4 rings (SSSR count). The van der Waals surface area contributed by atoms with Crippen molar-refractivity contribution in [2.75, 3.05) is 7.11 Å². The van der Waals surface area contributed by atoms with Crippen LogP contribution in [0.3, 0.4) is 0 Å². The van der Waals surface area contributed by atoms with E-state index >= 15 is 0 Å². The van der Waals surface area contributed by atoms with Crippen LogP contribution in [0.15, 0.2) is 47.3 Å². The predicted molar refractivity (Wildman–Crippen MR) is 186 cm³/mol. The van der Waals surface area contributed by atoms with E-state index in [9.17, 15) is 9.59 Å². The Labute approximate surface area is 267 Å². The number of methoxy groups -OCH3 is 1. The Morgan fingerprint density at radius 2 is 1.72 bits per heavy atom. The summed E-state index contributed by atoms with van der Waals surface area (Å²) in [5.74, 6) is 4.84. The van der Waals surface area contributed by atoms with E-state index in [0.717, 1.165) is 43.6 Å². The molecule has 0 N–H and O–H groups in total. The van der Waals surface area contributed by atoms with Crippen LogP contribution in [-0.4, -0.2) is 18.7 Å². The lowest BCUT2D eigenvalue weighted by molar-refractivity contribution is -0.120. The van der Waals surface area contributed by atoms with Gasteiger partial charge in [0.1, 0.15) is 5.78 Å². The van der Waals surface area contributed by atoms with E-state index < -0.39 is 0 Å². The molecule has 4 aliphatic rings. The van der Waals surface area contributed by atoms with Crippen molar-refractivity contribution in [1.29, 1.82) is 0 Å². The molecule has 0 saturated heterocycles. The zero-order valence-corrected chi connectivity index (χ0v) is 29.4. The highest BCUT2D eigenvalue weighted by molar-refractivity contribution is 5.96. The number of rotatable bonds is 20. The van der Waals surface area contributed by atoms with Gasteiger partial charge in [-0.15, -0.1) is 0 Å². The van der Waals surface area contributed by atoms with Crippen LogP contribution in [0.2, 0.25) is 0 Å². The number of hydrogen-bond acceptors (Lipinski definition) is 3. The SMILES string of the molecule is C=C(CC(C)CC(C)C)C(CCC(=O)C1=CC=CC1)CC(=O)CCCCCCCCC.COC1=C2CC(C[C@H]1C)C2(C)C.[HH]. The minimum Gasteiger partial charge on any atom is -0.501 e. The fourth-order valence-corrected chi connectivity index (χ4v) is 7.56. The first-order valence-corrected chi connectivity index (χ1v) is 17.8. The van der Waals surface area contributed by atoms with E-state index in [-0.39, 0.29) is 13.1 Å². The molecule has 0 amide bonds. The molecule has 0 aromatic rings. The Kier molecular flexibility index (Phi) is 16.3. The molecule has 0 radical (unpaired) electrons. The molecule has 0 aromatic heterocycles. The van der Waals surface area contributed by atoms with Gasteiger partial charge in [-0.05, 0) is 85.2 Å². The van der Waals surface area contributed by atoms with E-state index in [1.165, 1.54) is 62.7 Å². The maximum absolute atomic E-state index is 12.7. The van der Waals surface area contributed by atoms with Crippen molar-refractivity contribution >= 4 is 11.6 Å². The third-order valence-electron chi connectivity index (χ3n) is 10.3. The third-order valence-corrected chi connectivity index (χ3v) is 10.3. The molecule has 0 heterocycles. The number of ether oxygens (including phenoxy) is 1. The van der Waals surface area contributed by atoms with Crippen molar-refractivity contribution in [2.24, 2.45) is 35.0 Å². The molecule has 4 aliphatic carbocycles. The maximum atomic E-state index is 12.7. The van der Waals surface area contributed by atoms with Crippen LogP contribution >= 0.6 is 0 Å². The minimum atomic E-state index is 0. The van der Waals surface area contributed by atoms with Gasteiger partial charge in [0.25, 0.3) is 0 Å².